The van der Waals surface area contributed by atoms with Crippen molar-refractivity contribution in [2.75, 3.05) is 6.54 Å². The molecular formula is C14H20FNO3S. The van der Waals surface area contributed by atoms with Gasteiger partial charge in [0.15, 0.2) is 0 Å². The number of rotatable bonds is 3. The van der Waals surface area contributed by atoms with Crippen molar-refractivity contribution >= 4 is 10.0 Å². The van der Waals surface area contributed by atoms with Crippen molar-refractivity contribution in [1.29, 1.82) is 0 Å². The molecule has 0 bridgehead atoms. The SMILES string of the molecule is CC1CCN(S(=O)(=O)c2cc(CO)ccc2F)C(C)C1. The van der Waals surface area contributed by atoms with Crippen molar-refractivity contribution in [3.8, 4) is 0 Å². The quantitative estimate of drug-likeness (QED) is 0.930. The summed E-state index contributed by atoms with van der Waals surface area (Å²) in [5, 5.41) is 9.08. The van der Waals surface area contributed by atoms with E-state index in [1.165, 1.54) is 16.4 Å². The van der Waals surface area contributed by atoms with Gasteiger partial charge in [0, 0.05) is 12.6 Å². The van der Waals surface area contributed by atoms with Gasteiger partial charge in [0.1, 0.15) is 10.7 Å². The zero-order valence-corrected chi connectivity index (χ0v) is 12.5. The van der Waals surface area contributed by atoms with Crippen molar-refractivity contribution in [3.63, 3.8) is 0 Å². The molecule has 2 atom stereocenters. The minimum Gasteiger partial charge on any atom is -0.392 e. The maximum Gasteiger partial charge on any atom is 0.246 e. The molecule has 0 radical (unpaired) electrons. The van der Waals surface area contributed by atoms with Crippen LogP contribution in [0.5, 0.6) is 0 Å². The van der Waals surface area contributed by atoms with Crippen molar-refractivity contribution < 1.29 is 17.9 Å². The van der Waals surface area contributed by atoms with Crippen LogP contribution in [0.15, 0.2) is 23.1 Å². The highest BCUT2D eigenvalue weighted by Gasteiger charge is 2.34. The van der Waals surface area contributed by atoms with E-state index in [-0.39, 0.29) is 17.5 Å². The lowest BCUT2D eigenvalue weighted by Crippen LogP contribution is -2.44. The first kappa shape index (κ1) is 15.4. The molecule has 0 saturated carbocycles. The van der Waals surface area contributed by atoms with Crippen LogP contribution in [0.1, 0.15) is 32.3 Å². The molecule has 1 aliphatic heterocycles. The standard InChI is InChI=1S/C14H20FNO3S/c1-10-5-6-16(11(2)7-10)20(18,19)14-8-12(9-17)3-4-13(14)15/h3-4,8,10-11,17H,5-7,9H2,1-2H3. The van der Waals surface area contributed by atoms with Crippen LogP contribution >= 0.6 is 0 Å². The molecule has 1 heterocycles. The van der Waals surface area contributed by atoms with Crippen molar-refractivity contribution in [1.82, 2.24) is 4.31 Å². The number of piperidine rings is 1. The number of aliphatic hydroxyl groups excluding tert-OH is 1. The molecule has 6 heteroatoms. The molecule has 2 unspecified atom stereocenters. The summed E-state index contributed by atoms with van der Waals surface area (Å²) in [6, 6.07) is 3.56. The van der Waals surface area contributed by atoms with Crippen molar-refractivity contribution in [3.05, 3.63) is 29.6 Å². The number of benzene rings is 1. The Morgan fingerprint density at radius 3 is 2.70 bits per heavy atom. The average Bonchev–Trinajstić information content (AvgIpc) is 2.38. The lowest BCUT2D eigenvalue weighted by atomic mass is 9.95. The molecule has 20 heavy (non-hydrogen) atoms. The van der Waals surface area contributed by atoms with Gasteiger partial charge < -0.3 is 5.11 Å². The topological polar surface area (TPSA) is 57.6 Å². The minimum absolute atomic E-state index is 0.138. The highest BCUT2D eigenvalue weighted by molar-refractivity contribution is 7.89. The van der Waals surface area contributed by atoms with E-state index in [1.54, 1.807) is 0 Å². The lowest BCUT2D eigenvalue weighted by Gasteiger charge is -2.35. The fraction of sp³-hybridized carbons (Fsp3) is 0.571. The fourth-order valence-electron chi connectivity index (χ4n) is 2.71. The highest BCUT2D eigenvalue weighted by atomic mass is 32.2. The predicted molar refractivity (Wildman–Crippen MR) is 74.1 cm³/mol. The van der Waals surface area contributed by atoms with Gasteiger partial charge in [0.2, 0.25) is 10.0 Å². The molecule has 1 N–H and O–H groups in total. The molecule has 112 valence electrons. The predicted octanol–water partition coefficient (Wildman–Crippen LogP) is 2.13. The van der Waals surface area contributed by atoms with Crippen LogP contribution in [0, 0.1) is 11.7 Å². The van der Waals surface area contributed by atoms with Gasteiger partial charge in [-0.2, -0.15) is 4.31 Å². The summed E-state index contributed by atoms with van der Waals surface area (Å²) in [5.41, 5.74) is 0.392. The Hall–Kier alpha value is -0.980. The molecule has 4 nitrogen and oxygen atoms in total. The van der Waals surface area contributed by atoms with Crippen LogP contribution in [0.4, 0.5) is 4.39 Å². The van der Waals surface area contributed by atoms with Crippen molar-refractivity contribution in [2.45, 2.75) is 44.2 Å². The maximum atomic E-state index is 13.9. The third kappa shape index (κ3) is 2.87. The molecule has 0 aliphatic carbocycles. The summed E-state index contributed by atoms with van der Waals surface area (Å²) in [6.07, 6.45) is 1.56. The summed E-state index contributed by atoms with van der Waals surface area (Å²) in [7, 11) is -3.85. The van der Waals surface area contributed by atoms with Crippen LogP contribution in [0.25, 0.3) is 0 Å². The molecule has 1 aromatic carbocycles. The number of aliphatic hydroxyl groups is 1. The first-order valence-corrected chi connectivity index (χ1v) is 8.21. The number of hydrogen-bond acceptors (Lipinski definition) is 3. The van der Waals surface area contributed by atoms with Crippen LogP contribution < -0.4 is 0 Å². The van der Waals surface area contributed by atoms with E-state index >= 15 is 0 Å². The second-order valence-corrected chi connectivity index (χ2v) is 7.38. The summed E-state index contributed by atoms with van der Waals surface area (Å²) in [6.45, 7) is 4.04. The molecule has 1 aromatic rings. The molecule has 0 spiro atoms. The van der Waals surface area contributed by atoms with Gasteiger partial charge in [-0.1, -0.05) is 13.0 Å². The summed E-state index contributed by atoms with van der Waals surface area (Å²) >= 11 is 0. The zero-order valence-electron chi connectivity index (χ0n) is 11.7. The molecule has 1 saturated heterocycles. The van der Waals surface area contributed by atoms with Crippen molar-refractivity contribution in [2.24, 2.45) is 5.92 Å². The number of halogens is 1. The molecule has 0 aromatic heterocycles. The summed E-state index contributed by atoms with van der Waals surface area (Å²) < 4.78 is 40.4. The van der Waals surface area contributed by atoms with Gasteiger partial charge in [0.25, 0.3) is 0 Å². The third-order valence-electron chi connectivity index (χ3n) is 3.84. The molecular weight excluding hydrogens is 281 g/mol. The maximum absolute atomic E-state index is 13.9. The van der Waals surface area contributed by atoms with Crippen LogP contribution in [-0.2, 0) is 16.6 Å². The Morgan fingerprint density at radius 2 is 2.10 bits per heavy atom. The first-order valence-electron chi connectivity index (χ1n) is 6.77. The van der Waals surface area contributed by atoms with E-state index in [0.717, 1.165) is 18.9 Å². The van der Waals surface area contributed by atoms with Gasteiger partial charge in [-0.05, 0) is 43.4 Å². The van der Waals surface area contributed by atoms with Crippen LogP contribution in [-0.4, -0.2) is 30.4 Å². The second kappa shape index (κ2) is 5.79. The number of sulfonamides is 1. The number of hydrogen-bond donors (Lipinski definition) is 1. The summed E-state index contributed by atoms with van der Waals surface area (Å²) in [4.78, 5) is -0.342. The largest absolute Gasteiger partial charge is 0.392 e. The zero-order chi connectivity index (χ0) is 14.9. The van der Waals surface area contributed by atoms with E-state index in [1.807, 2.05) is 6.92 Å². The Balaban J connectivity index is 2.40. The molecule has 2 rings (SSSR count). The van der Waals surface area contributed by atoms with Crippen LogP contribution in [0.3, 0.4) is 0 Å². The van der Waals surface area contributed by atoms with Crippen LogP contribution in [0.2, 0.25) is 0 Å². The highest BCUT2D eigenvalue weighted by Crippen LogP contribution is 2.29. The fourth-order valence-corrected chi connectivity index (χ4v) is 4.49. The normalized spacial score (nSPS) is 24.8. The minimum atomic E-state index is -3.85. The van der Waals surface area contributed by atoms with Gasteiger partial charge in [-0.25, -0.2) is 12.8 Å². The van der Waals surface area contributed by atoms with Gasteiger partial charge in [-0.15, -0.1) is 0 Å². The van der Waals surface area contributed by atoms with E-state index in [2.05, 4.69) is 6.92 Å². The molecule has 1 fully saturated rings. The van der Waals surface area contributed by atoms with Gasteiger partial charge in [-0.3, -0.25) is 0 Å². The Kier molecular flexibility index (Phi) is 4.46. The van der Waals surface area contributed by atoms with Gasteiger partial charge >= 0.3 is 0 Å². The third-order valence-corrected chi connectivity index (χ3v) is 5.87. The summed E-state index contributed by atoms with van der Waals surface area (Å²) in [5.74, 6) is -0.293. The van der Waals surface area contributed by atoms with Gasteiger partial charge in [0.05, 0.1) is 6.61 Å². The average molecular weight is 301 g/mol. The second-order valence-electron chi connectivity index (χ2n) is 5.52. The monoisotopic (exact) mass is 301 g/mol. The number of nitrogens with zero attached hydrogens (tertiary/aromatic N) is 1. The molecule has 1 aliphatic rings. The smallest absolute Gasteiger partial charge is 0.246 e. The molecule has 0 amide bonds. The van der Waals surface area contributed by atoms with E-state index in [4.69, 9.17) is 5.11 Å². The lowest BCUT2D eigenvalue weighted by molar-refractivity contribution is 0.219. The Morgan fingerprint density at radius 1 is 1.40 bits per heavy atom. The Labute approximate surface area is 119 Å². The van der Waals surface area contributed by atoms with E-state index in [9.17, 15) is 12.8 Å². The van der Waals surface area contributed by atoms with E-state index in [0.29, 0.717) is 18.0 Å². The first-order chi connectivity index (χ1) is 9.36. The Bertz CT molecular complexity index is 588. The van der Waals surface area contributed by atoms with E-state index < -0.39 is 15.8 Å².